The predicted octanol–water partition coefficient (Wildman–Crippen LogP) is 5.83. The van der Waals surface area contributed by atoms with Gasteiger partial charge in [-0.2, -0.15) is 0 Å². The molecule has 34 heavy (non-hydrogen) atoms. The Kier molecular flexibility index (Phi) is 7.29. The highest BCUT2D eigenvalue weighted by Crippen LogP contribution is 2.21. The number of carbonyl (C=O) groups is 2. The zero-order valence-electron chi connectivity index (χ0n) is 19.7. The Morgan fingerprint density at radius 1 is 1.09 bits per heavy atom. The van der Waals surface area contributed by atoms with E-state index in [1.54, 1.807) is 11.3 Å². The lowest BCUT2D eigenvalue weighted by atomic mass is 10.1. The van der Waals surface area contributed by atoms with Gasteiger partial charge < -0.3 is 14.6 Å². The molecule has 3 heterocycles. The predicted molar refractivity (Wildman–Crippen MR) is 137 cm³/mol. The molecule has 176 valence electrons. The SMILES string of the molecule is Cc1ccc(C)c(NC(=O)Cc2nc(COC(=O)c3cc(C)n(Cc4cccs4)c3C)cs2)c1. The monoisotopic (exact) mass is 493 g/mol. The van der Waals surface area contributed by atoms with Gasteiger partial charge in [-0.05, 0) is 62.4 Å². The van der Waals surface area contributed by atoms with Gasteiger partial charge >= 0.3 is 5.97 Å². The maximum absolute atomic E-state index is 12.7. The Hall–Kier alpha value is -3.23. The number of aryl methyl sites for hydroxylation is 3. The van der Waals surface area contributed by atoms with Crippen LogP contribution in [-0.2, 0) is 29.1 Å². The quantitative estimate of drug-likeness (QED) is 0.314. The van der Waals surface area contributed by atoms with Gasteiger partial charge in [-0.1, -0.05) is 18.2 Å². The molecule has 0 fully saturated rings. The number of esters is 1. The minimum atomic E-state index is -0.368. The summed E-state index contributed by atoms with van der Waals surface area (Å²) >= 11 is 3.08. The summed E-state index contributed by atoms with van der Waals surface area (Å²) in [6.07, 6.45) is 0.176. The number of amides is 1. The summed E-state index contributed by atoms with van der Waals surface area (Å²) in [5.74, 6) is -0.488. The number of thiazole rings is 1. The summed E-state index contributed by atoms with van der Waals surface area (Å²) in [4.78, 5) is 30.9. The molecule has 0 saturated heterocycles. The number of hydrogen-bond acceptors (Lipinski definition) is 6. The van der Waals surface area contributed by atoms with Crippen LogP contribution in [0.25, 0.3) is 0 Å². The highest BCUT2D eigenvalue weighted by molar-refractivity contribution is 7.10. The van der Waals surface area contributed by atoms with Crippen molar-refractivity contribution < 1.29 is 14.3 Å². The molecular formula is C26H27N3O3S2. The number of nitrogens with zero attached hydrogens (tertiary/aromatic N) is 2. The molecule has 4 rings (SSSR count). The van der Waals surface area contributed by atoms with E-state index >= 15 is 0 Å². The summed E-state index contributed by atoms with van der Waals surface area (Å²) in [7, 11) is 0. The van der Waals surface area contributed by atoms with Gasteiger partial charge in [0.1, 0.15) is 11.6 Å². The third kappa shape index (κ3) is 5.63. The first-order chi connectivity index (χ1) is 16.3. The molecule has 0 radical (unpaired) electrons. The van der Waals surface area contributed by atoms with Crippen molar-refractivity contribution in [3.63, 3.8) is 0 Å². The Bertz CT molecular complexity index is 1320. The minimum absolute atomic E-state index is 0.0720. The second-order valence-electron chi connectivity index (χ2n) is 8.30. The fourth-order valence-electron chi connectivity index (χ4n) is 3.73. The lowest BCUT2D eigenvalue weighted by Crippen LogP contribution is -2.15. The molecule has 0 unspecified atom stereocenters. The number of rotatable bonds is 8. The third-order valence-corrected chi connectivity index (χ3v) is 7.38. The van der Waals surface area contributed by atoms with Gasteiger partial charge in [0.05, 0.1) is 24.2 Å². The number of anilines is 1. The van der Waals surface area contributed by atoms with E-state index in [2.05, 4.69) is 20.9 Å². The summed E-state index contributed by atoms with van der Waals surface area (Å²) in [5, 5.41) is 7.51. The Morgan fingerprint density at radius 3 is 2.68 bits per heavy atom. The number of ether oxygens (including phenoxy) is 1. The maximum Gasteiger partial charge on any atom is 0.340 e. The Balaban J connectivity index is 1.33. The second kappa shape index (κ2) is 10.4. The number of carbonyl (C=O) groups excluding carboxylic acids is 2. The molecule has 1 aromatic carbocycles. The fourth-order valence-corrected chi connectivity index (χ4v) is 5.20. The topological polar surface area (TPSA) is 73.2 Å². The fraction of sp³-hybridized carbons (Fsp3) is 0.269. The van der Waals surface area contributed by atoms with Crippen LogP contribution >= 0.6 is 22.7 Å². The van der Waals surface area contributed by atoms with Gasteiger partial charge in [0, 0.05) is 27.3 Å². The van der Waals surface area contributed by atoms with Crippen LogP contribution < -0.4 is 5.32 Å². The molecule has 6 nitrogen and oxygen atoms in total. The smallest absolute Gasteiger partial charge is 0.340 e. The van der Waals surface area contributed by atoms with Crippen LogP contribution in [0.2, 0.25) is 0 Å². The molecular weight excluding hydrogens is 466 g/mol. The average molecular weight is 494 g/mol. The van der Waals surface area contributed by atoms with Gasteiger partial charge in [0.25, 0.3) is 0 Å². The van der Waals surface area contributed by atoms with Crippen LogP contribution in [0.3, 0.4) is 0 Å². The van der Waals surface area contributed by atoms with Crippen molar-refractivity contribution in [2.45, 2.75) is 47.3 Å². The van der Waals surface area contributed by atoms with Crippen LogP contribution in [0.15, 0.2) is 47.2 Å². The molecule has 8 heteroatoms. The van der Waals surface area contributed by atoms with E-state index in [0.717, 1.165) is 34.7 Å². The Morgan fingerprint density at radius 2 is 1.91 bits per heavy atom. The molecule has 1 N–H and O–H groups in total. The number of hydrogen-bond donors (Lipinski definition) is 1. The van der Waals surface area contributed by atoms with Crippen LogP contribution in [0, 0.1) is 27.7 Å². The minimum Gasteiger partial charge on any atom is -0.455 e. The highest BCUT2D eigenvalue weighted by Gasteiger charge is 2.18. The van der Waals surface area contributed by atoms with E-state index in [1.165, 1.54) is 16.2 Å². The Labute approximate surface area is 207 Å². The number of benzene rings is 1. The summed E-state index contributed by atoms with van der Waals surface area (Å²) in [5.41, 5.74) is 6.03. The van der Waals surface area contributed by atoms with Crippen molar-refractivity contribution in [1.29, 1.82) is 0 Å². The molecule has 0 bridgehead atoms. The zero-order valence-corrected chi connectivity index (χ0v) is 21.3. The van der Waals surface area contributed by atoms with Crippen molar-refractivity contribution in [3.05, 3.63) is 90.8 Å². The van der Waals surface area contributed by atoms with Crippen LogP contribution in [-0.4, -0.2) is 21.4 Å². The summed E-state index contributed by atoms with van der Waals surface area (Å²) in [6.45, 7) is 8.69. The standard InChI is InChI=1S/C26H27N3O3S2/c1-16-7-8-17(2)23(10-16)28-24(30)12-25-27-20(15-34-25)14-32-26(31)22-11-18(3)29(19(22)4)13-21-6-5-9-33-21/h5-11,15H,12-14H2,1-4H3,(H,28,30). The normalized spacial score (nSPS) is 10.9. The van der Waals surface area contributed by atoms with E-state index in [1.807, 2.05) is 68.8 Å². The molecule has 0 aliphatic heterocycles. The second-order valence-corrected chi connectivity index (χ2v) is 10.3. The van der Waals surface area contributed by atoms with E-state index in [4.69, 9.17) is 4.74 Å². The molecule has 0 aliphatic rings. The third-order valence-electron chi connectivity index (χ3n) is 5.62. The molecule has 0 atom stereocenters. The van der Waals surface area contributed by atoms with Crippen molar-refractivity contribution in [1.82, 2.24) is 9.55 Å². The van der Waals surface area contributed by atoms with Crippen LogP contribution in [0.1, 0.15) is 48.5 Å². The van der Waals surface area contributed by atoms with Gasteiger partial charge in [-0.15, -0.1) is 22.7 Å². The van der Waals surface area contributed by atoms with Crippen molar-refractivity contribution in [3.8, 4) is 0 Å². The zero-order chi connectivity index (χ0) is 24.2. The van der Waals surface area contributed by atoms with Crippen LogP contribution in [0.4, 0.5) is 5.69 Å². The van der Waals surface area contributed by atoms with Crippen molar-refractivity contribution in [2.75, 3.05) is 5.32 Å². The largest absolute Gasteiger partial charge is 0.455 e. The first kappa shape index (κ1) is 23.9. The summed E-state index contributed by atoms with van der Waals surface area (Å²) in [6, 6.07) is 11.9. The molecule has 0 aliphatic carbocycles. The van der Waals surface area contributed by atoms with E-state index < -0.39 is 0 Å². The van der Waals surface area contributed by atoms with Gasteiger partial charge in [0.2, 0.25) is 5.91 Å². The number of thiophene rings is 1. The number of aromatic nitrogens is 2. The maximum atomic E-state index is 12.7. The highest BCUT2D eigenvalue weighted by atomic mass is 32.1. The first-order valence-corrected chi connectivity index (χ1v) is 12.7. The molecule has 4 aromatic rings. The molecule has 0 saturated carbocycles. The van der Waals surface area contributed by atoms with E-state index in [0.29, 0.717) is 16.3 Å². The lowest BCUT2D eigenvalue weighted by molar-refractivity contribution is -0.115. The number of nitrogens with one attached hydrogen (secondary N) is 1. The van der Waals surface area contributed by atoms with E-state index in [-0.39, 0.29) is 24.9 Å². The molecule has 1 amide bonds. The van der Waals surface area contributed by atoms with Crippen molar-refractivity contribution >= 4 is 40.2 Å². The molecule has 3 aromatic heterocycles. The lowest BCUT2D eigenvalue weighted by Gasteiger charge is -2.08. The van der Waals surface area contributed by atoms with Gasteiger partial charge in [-0.25, -0.2) is 9.78 Å². The first-order valence-electron chi connectivity index (χ1n) is 11.0. The van der Waals surface area contributed by atoms with Crippen molar-refractivity contribution in [2.24, 2.45) is 0 Å². The van der Waals surface area contributed by atoms with E-state index in [9.17, 15) is 9.59 Å². The van der Waals surface area contributed by atoms with Crippen LogP contribution in [0.5, 0.6) is 0 Å². The molecule has 0 spiro atoms. The average Bonchev–Trinajstić information content (AvgIpc) is 3.53. The van der Waals surface area contributed by atoms with Gasteiger partial charge in [-0.3, -0.25) is 4.79 Å². The summed E-state index contributed by atoms with van der Waals surface area (Å²) < 4.78 is 7.66. The van der Waals surface area contributed by atoms with Gasteiger partial charge in [0.15, 0.2) is 0 Å².